The Kier molecular flexibility index (Phi) is 4.21. The van der Waals surface area contributed by atoms with E-state index in [1.807, 2.05) is 6.07 Å². The number of carbonyl (C=O) groups excluding carboxylic acids is 1. The van der Waals surface area contributed by atoms with Crippen molar-refractivity contribution in [2.24, 2.45) is 0 Å². The summed E-state index contributed by atoms with van der Waals surface area (Å²) < 4.78 is 0. The van der Waals surface area contributed by atoms with E-state index in [4.69, 9.17) is 28.5 Å². The first-order valence-electron chi connectivity index (χ1n) is 5.57. The summed E-state index contributed by atoms with van der Waals surface area (Å²) in [5.74, 6) is -0.0386. The fourth-order valence-electron chi connectivity index (χ4n) is 1.71. The van der Waals surface area contributed by atoms with Crippen LogP contribution in [0, 0.1) is 11.3 Å². The van der Waals surface area contributed by atoms with Crippen molar-refractivity contribution in [3.63, 3.8) is 0 Å². The lowest BCUT2D eigenvalue weighted by Crippen LogP contribution is -2.03. The van der Waals surface area contributed by atoms with E-state index in [1.54, 1.807) is 42.5 Å². The molecule has 0 amide bonds. The molecule has 0 N–H and O–H groups in total. The van der Waals surface area contributed by atoms with Gasteiger partial charge in [0.05, 0.1) is 10.6 Å². The lowest BCUT2D eigenvalue weighted by atomic mass is 10.0. The van der Waals surface area contributed by atoms with E-state index >= 15 is 0 Å². The van der Waals surface area contributed by atoms with Gasteiger partial charge < -0.3 is 0 Å². The minimum atomic E-state index is -0.0386. The third-order valence-corrected chi connectivity index (χ3v) is 3.21. The lowest BCUT2D eigenvalue weighted by molar-refractivity contribution is 0.0993. The van der Waals surface area contributed by atoms with Crippen LogP contribution in [-0.2, 0) is 6.42 Å². The number of nitriles is 1. The lowest BCUT2D eigenvalue weighted by Gasteiger charge is -2.03. The number of hydrogen-bond donors (Lipinski definition) is 0. The van der Waals surface area contributed by atoms with Crippen molar-refractivity contribution in [1.82, 2.24) is 0 Å². The number of rotatable bonds is 3. The van der Waals surface area contributed by atoms with Gasteiger partial charge in [0.25, 0.3) is 0 Å². The van der Waals surface area contributed by atoms with Crippen LogP contribution < -0.4 is 0 Å². The number of ketones is 1. The van der Waals surface area contributed by atoms with E-state index in [2.05, 4.69) is 0 Å². The molecule has 0 fully saturated rings. The first-order chi connectivity index (χ1) is 9.10. The molecule has 2 aromatic rings. The second-order valence-electron chi connectivity index (χ2n) is 4.04. The minimum absolute atomic E-state index is 0.0386. The fraction of sp³-hybridized carbons (Fsp3) is 0.0667. The van der Waals surface area contributed by atoms with Gasteiger partial charge in [-0.2, -0.15) is 5.26 Å². The van der Waals surface area contributed by atoms with Crippen molar-refractivity contribution in [2.45, 2.75) is 6.42 Å². The smallest absolute Gasteiger partial charge is 0.167 e. The molecule has 2 rings (SSSR count). The van der Waals surface area contributed by atoms with E-state index in [0.29, 0.717) is 21.2 Å². The summed E-state index contributed by atoms with van der Waals surface area (Å²) in [4.78, 5) is 12.1. The molecule has 2 aromatic carbocycles. The van der Waals surface area contributed by atoms with E-state index in [0.717, 1.165) is 5.56 Å². The van der Waals surface area contributed by atoms with Gasteiger partial charge in [-0.05, 0) is 29.8 Å². The summed E-state index contributed by atoms with van der Waals surface area (Å²) in [6, 6.07) is 13.8. The highest BCUT2D eigenvalue weighted by Crippen LogP contribution is 2.19. The van der Waals surface area contributed by atoms with E-state index in [1.165, 1.54) is 0 Å². The molecule has 0 aliphatic carbocycles. The van der Waals surface area contributed by atoms with Gasteiger partial charge in [0, 0.05) is 17.0 Å². The predicted octanol–water partition coefficient (Wildman–Crippen LogP) is 4.29. The van der Waals surface area contributed by atoms with Crippen LogP contribution in [0.5, 0.6) is 0 Å². The van der Waals surface area contributed by atoms with Gasteiger partial charge in [-0.15, -0.1) is 0 Å². The van der Waals surface area contributed by atoms with Crippen LogP contribution >= 0.6 is 23.2 Å². The van der Waals surface area contributed by atoms with Crippen LogP contribution in [0.3, 0.4) is 0 Å². The van der Waals surface area contributed by atoms with Gasteiger partial charge in [-0.3, -0.25) is 4.79 Å². The van der Waals surface area contributed by atoms with Gasteiger partial charge in [0.1, 0.15) is 6.07 Å². The van der Waals surface area contributed by atoms with E-state index in [-0.39, 0.29) is 12.2 Å². The zero-order valence-electron chi connectivity index (χ0n) is 9.86. The van der Waals surface area contributed by atoms with Crippen LogP contribution in [-0.4, -0.2) is 5.78 Å². The largest absolute Gasteiger partial charge is 0.294 e. The van der Waals surface area contributed by atoms with E-state index < -0.39 is 0 Å². The number of nitrogens with zero attached hydrogens (tertiary/aromatic N) is 1. The standard InChI is InChI=1S/C15H9Cl2NO/c16-13-3-1-2-11(8-13)15(19)7-10-4-5-12(9-18)14(17)6-10/h1-6,8H,7H2. The summed E-state index contributed by atoms with van der Waals surface area (Å²) in [6.45, 7) is 0. The Morgan fingerprint density at radius 3 is 2.58 bits per heavy atom. The third-order valence-electron chi connectivity index (χ3n) is 2.67. The molecule has 0 saturated carbocycles. The first kappa shape index (κ1) is 13.6. The Morgan fingerprint density at radius 1 is 1.16 bits per heavy atom. The maximum atomic E-state index is 12.1. The first-order valence-corrected chi connectivity index (χ1v) is 6.33. The Labute approximate surface area is 121 Å². The molecule has 0 unspecified atom stereocenters. The van der Waals surface area contributed by atoms with Gasteiger partial charge in [-0.1, -0.05) is 41.4 Å². The van der Waals surface area contributed by atoms with Gasteiger partial charge in [0.2, 0.25) is 0 Å². The quantitative estimate of drug-likeness (QED) is 0.791. The predicted molar refractivity (Wildman–Crippen MR) is 75.7 cm³/mol. The van der Waals surface area contributed by atoms with Crippen molar-refractivity contribution in [3.8, 4) is 6.07 Å². The molecule has 0 bridgehead atoms. The summed E-state index contributed by atoms with van der Waals surface area (Å²) in [5.41, 5.74) is 1.74. The van der Waals surface area contributed by atoms with Crippen molar-refractivity contribution in [3.05, 3.63) is 69.2 Å². The molecule has 0 aromatic heterocycles. The Bertz CT molecular complexity index is 674. The SMILES string of the molecule is N#Cc1ccc(CC(=O)c2cccc(Cl)c2)cc1Cl. The molecule has 0 radical (unpaired) electrons. The molecule has 94 valence electrons. The van der Waals surface area contributed by atoms with Gasteiger partial charge in [0.15, 0.2) is 5.78 Å². The van der Waals surface area contributed by atoms with Crippen molar-refractivity contribution < 1.29 is 4.79 Å². The topological polar surface area (TPSA) is 40.9 Å². The minimum Gasteiger partial charge on any atom is -0.294 e. The van der Waals surface area contributed by atoms with Crippen LogP contribution in [0.1, 0.15) is 21.5 Å². The summed E-state index contributed by atoms with van der Waals surface area (Å²) in [6.07, 6.45) is 0.228. The van der Waals surface area contributed by atoms with Crippen molar-refractivity contribution >= 4 is 29.0 Å². The second kappa shape index (κ2) is 5.88. The molecule has 2 nitrogen and oxygen atoms in total. The number of hydrogen-bond acceptors (Lipinski definition) is 2. The molecule has 19 heavy (non-hydrogen) atoms. The van der Waals surface area contributed by atoms with Gasteiger partial charge in [-0.25, -0.2) is 0 Å². The van der Waals surface area contributed by atoms with Crippen LogP contribution in [0.2, 0.25) is 10.0 Å². The normalized spacial score (nSPS) is 9.95. The molecule has 0 aliphatic rings. The zero-order chi connectivity index (χ0) is 13.8. The maximum Gasteiger partial charge on any atom is 0.167 e. The van der Waals surface area contributed by atoms with Crippen LogP contribution in [0.4, 0.5) is 0 Å². The number of halogens is 2. The van der Waals surface area contributed by atoms with Crippen molar-refractivity contribution in [1.29, 1.82) is 5.26 Å². The van der Waals surface area contributed by atoms with Crippen LogP contribution in [0.15, 0.2) is 42.5 Å². The number of carbonyl (C=O) groups is 1. The van der Waals surface area contributed by atoms with Gasteiger partial charge >= 0.3 is 0 Å². The Morgan fingerprint density at radius 2 is 1.95 bits per heavy atom. The molecular formula is C15H9Cl2NO. The molecule has 0 aliphatic heterocycles. The number of Topliss-reactive ketones (excluding diaryl/α,β-unsaturated/α-hetero) is 1. The average molecular weight is 290 g/mol. The monoisotopic (exact) mass is 289 g/mol. The summed E-state index contributed by atoms with van der Waals surface area (Å²) >= 11 is 11.8. The molecule has 0 spiro atoms. The Hall–Kier alpha value is -1.82. The Balaban J connectivity index is 2.20. The number of benzene rings is 2. The van der Waals surface area contributed by atoms with E-state index in [9.17, 15) is 4.79 Å². The maximum absolute atomic E-state index is 12.1. The summed E-state index contributed by atoms with van der Waals surface area (Å²) in [5, 5.41) is 9.68. The molecule has 0 heterocycles. The fourth-order valence-corrected chi connectivity index (χ4v) is 2.14. The third kappa shape index (κ3) is 3.35. The molecular weight excluding hydrogens is 281 g/mol. The highest BCUT2D eigenvalue weighted by Gasteiger charge is 2.09. The highest BCUT2D eigenvalue weighted by molar-refractivity contribution is 6.32. The second-order valence-corrected chi connectivity index (χ2v) is 4.88. The van der Waals surface area contributed by atoms with Crippen LogP contribution in [0.25, 0.3) is 0 Å². The molecule has 0 atom stereocenters. The zero-order valence-corrected chi connectivity index (χ0v) is 11.4. The molecule has 4 heteroatoms. The summed E-state index contributed by atoms with van der Waals surface area (Å²) in [7, 11) is 0. The average Bonchev–Trinajstić information content (AvgIpc) is 2.39. The molecule has 0 saturated heterocycles. The highest BCUT2D eigenvalue weighted by atomic mass is 35.5. The van der Waals surface area contributed by atoms with Crippen molar-refractivity contribution in [2.75, 3.05) is 0 Å².